The van der Waals surface area contributed by atoms with Crippen molar-refractivity contribution in [3.63, 3.8) is 0 Å². The highest BCUT2D eigenvalue weighted by Crippen LogP contribution is 2.36. The zero-order valence-corrected chi connectivity index (χ0v) is 20.5. The number of likely N-dealkylation sites (tertiary alicyclic amines) is 1. The van der Waals surface area contributed by atoms with Crippen LogP contribution in [0.2, 0.25) is 0 Å². The lowest BCUT2D eigenvalue weighted by atomic mass is 9.75. The summed E-state index contributed by atoms with van der Waals surface area (Å²) in [5.74, 6) is 1.00. The molecule has 2 aromatic heterocycles. The van der Waals surface area contributed by atoms with Gasteiger partial charge in [0, 0.05) is 37.5 Å². The molecule has 1 saturated carbocycles. The number of aromatic amines is 1. The maximum atomic E-state index is 13.7. The lowest BCUT2D eigenvalue weighted by Crippen LogP contribution is -2.53. The number of nitrogens with one attached hydrogen (secondary N) is 2. The number of aromatic nitrogens is 2. The fourth-order valence-electron chi connectivity index (χ4n) is 5.68. The third-order valence-corrected chi connectivity index (χ3v) is 9.11. The van der Waals surface area contributed by atoms with Gasteiger partial charge in [0.05, 0.1) is 4.90 Å². The number of H-pyrrole nitrogens is 1. The molecule has 8 nitrogen and oxygen atoms in total. The number of carbonyl (C=O) groups is 1. The summed E-state index contributed by atoms with van der Waals surface area (Å²) in [7, 11) is -3.93. The van der Waals surface area contributed by atoms with Gasteiger partial charge in [0.15, 0.2) is 0 Å². The summed E-state index contributed by atoms with van der Waals surface area (Å²) in [6.07, 6.45) is 9.61. The summed E-state index contributed by atoms with van der Waals surface area (Å²) in [4.78, 5) is 18.7. The minimum absolute atomic E-state index is 0.120. The van der Waals surface area contributed by atoms with Crippen molar-refractivity contribution < 1.29 is 13.2 Å². The molecule has 2 fully saturated rings. The van der Waals surface area contributed by atoms with Crippen LogP contribution in [0.3, 0.4) is 0 Å². The summed E-state index contributed by atoms with van der Waals surface area (Å²) in [5.41, 5.74) is 1.21. The molecule has 5 rings (SSSR count). The Morgan fingerprint density at radius 2 is 2.00 bits per heavy atom. The predicted molar refractivity (Wildman–Crippen MR) is 133 cm³/mol. The molecule has 0 radical (unpaired) electrons. The summed E-state index contributed by atoms with van der Waals surface area (Å²) in [6.45, 7) is 1.73. The highest BCUT2D eigenvalue weighted by atomic mass is 32.2. The summed E-state index contributed by atoms with van der Waals surface area (Å²) in [5, 5.41) is 10.3. The van der Waals surface area contributed by atoms with Crippen molar-refractivity contribution in [3.8, 4) is 6.07 Å². The molecule has 2 N–H and O–H groups in total. The van der Waals surface area contributed by atoms with Gasteiger partial charge in [-0.3, -0.25) is 4.79 Å². The fraction of sp³-hybridized carbons (Fsp3) is 0.462. The number of hydrogen-bond acceptors (Lipinski definition) is 4. The van der Waals surface area contributed by atoms with Gasteiger partial charge in [0.25, 0.3) is 0 Å². The first-order chi connectivity index (χ1) is 16.9. The molecular formula is C26H31N5O3S. The molecule has 1 aliphatic heterocycles. The Morgan fingerprint density at radius 3 is 2.83 bits per heavy atom. The molecule has 1 amide bonds. The van der Waals surface area contributed by atoms with Crippen molar-refractivity contribution in [3.05, 3.63) is 54.5 Å². The molecule has 2 aliphatic rings. The van der Waals surface area contributed by atoms with Crippen LogP contribution in [0, 0.1) is 23.2 Å². The van der Waals surface area contributed by atoms with Crippen LogP contribution >= 0.6 is 0 Å². The Kier molecular flexibility index (Phi) is 6.67. The summed E-state index contributed by atoms with van der Waals surface area (Å²) < 4.78 is 31.2. The number of sulfonamides is 1. The molecule has 1 saturated heterocycles. The van der Waals surface area contributed by atoms with E-state index in [9.17, 15) is 18.5 Å². The zero-order valence-electron chi connectivity index (χ0n) is 19.7. The Morgan fingerprint density at radius 1 is 1.17 bits per heavy atom. The number of amides is 1. The summed E-state index contributed by atoms with van der Waals surface area (Å²) >= 11 is 0. The van der Waals surface area contributed by atoms with Crippen LogP contribution in [0.25, 0.3) is 10.9 Å². The number of hydrogen-bond donors (Lipinski definition) is 2. The topological polar surface area (TPSA) is 111 Å². The fourth-order valence-corrected chi connectivity index (χ4v) is 6.93. The largest absolute Gasteiger partial charge is 0.361 e. The molecule has 1 aromatic carbocycles. The average Bonchev–Trinajstić information content (AvgIpc) is 3.54. The van der Waals surface area contributed by atoms with E-state index in [1.54, 1.807) is 47.3 Å². The Hall–Kier alpha value is -3.09. The molecule has 3 aromatic rings. The lowest BCUT2D eigenvalue weighted by molar-refractivity contribution is -0.136. The third-order valence-electron chi connectivity index (χ3n) is 7.64. The Bertz CT molecular complexity index is 1350. The normalized spacial score (nSPS) is 21.4. The van der Waals surface area contributed by atoms with Crippen LogP contribution in [-0.4, -0.2) is 47.9 Å². The highest BCUT2D eigenvalue weighted by Gasteiger charge is 2.36. The van der Waals surface area contributed by atoms with Gasteiger partial charge in [0.2, 0.25) is 15.9 Å². The number of aryl methyl sites for hydroxylation is 1. The first kappa shape index (κ1) is 23.6. The second-order valence-corrected chi connectivity index (χ2v) is 11.5. The van der Waals surface area contributed by atoms with E-state index in [1.165, 1.54) is 19.3 Å². The second-order valence-electron chi connectivity index (χ2n) is 9.77. The third kappa shape index (κ3) is 5.00. The molecule has 3 atom stereocenters. The van der Waals surface area contributed by atoms with Crippen LogP contribution in [0.15, 0.2) is 53.7 Å². The van der Waals surface area contributed by atoms with Crippen LogP contribution in [0.4, 0.5) is 0 Å². The van der Waals surface area contributed by atoms with Crippen molar-refractivity contribution in [2.24, 2.45) is 11.8 Å². The molecule has 9 heteroatoms. The van der Waals surface area contributed by atoms with Crippen molar-refractivity contribution in [2.45, 2.75) is 56.0 Å². The number of rotatable bonds is 7. The van der Waals surface area contributed by atoms with Gasteiger partial charge in [-0.15, -0.1) is 0 Å². The predicted octanol–water partition coefficient (Wildman–Crippen LogP) is 3.62. The van der Waals surface area contributed by atoms with Crippen molar-refractivity contribution in [1.29, 1.82) is 5.26 Å². The van der Waals surface area contributed by atoms with Gasteiger partial charge >= 0.3 is 0 Å². The molecule has 0 bridgehead atoms. The van der Waals surface area contributed by atoms with Crippen molar-refractivity contribution in [2.75, 3.05) is 13.1 Å². The molecular weight excluding hydrogens is 462 g/mol. The Balaban J connectivity index is 1.37. The SMILES string of the molecule is N#Cc1cccn1CCC(NS(=O)(=O)c1ccc2cc[nH]c2c1)C(=O)N1CC[C@@H]2CCCC[C@@H]2C1. The maximum Gasteiger partial charge on any atom is 0.241 e. The van der Waals surface area contributed by atoms with Crippen LogP contribution in [0.5, 0.6) is 0 Å². The standard InChI is InChI=1S/C26H31N5O3S/c27-17-22-6-3-13-30(22)15-11-24(26(32)31-14-10-19-4-1-2-5-21(19)18-31)29-35(33,34)23-8-7-20-9-12-28-25(20)16-23/h3,6-9,12-13,16,19,21,24,28-29H,1-2,4-5,10-11,14-15,18H2/t19-,21+,24?/m0/s1. The number of nitriles is 1. The molecule has 0 spiro atoms. The van der Waals surface area contributed by atoms with Crippen molar-refractivity contribution >= 4 is 26.8 Å². The molecule has 35 heavy (non-hydrogen) atoms. The molecule has 3 heterocycles. The van der Waals surface area contributed by atoms with Gasteiger partial charge < -0.3 is 14.5 Å². The van der Waals surface area contributed by atoms with Gasteiger partial charge in [-0.25, -0.2) is 8.42 Å². The van der Waals surface area contributed by atoms with Crippen LogP contribution in [-0.2, 0) is 21.4 Å². The minimum Gasteiger partial charge on any atom is -0.361 e. The zero-order chi connectivity index (χ0) is 24.4. The monoisotopic (exact) mass is 493 g/mol. The van der Waals surface area contributed by atoms with Gasteiger partial charge in [-0.1, -0.05) is 25.3 Å². The van der Waals surface area contributed by atoms with E-state index >= 15 is 0 Å². The maximum absolute atomic E-state index is 13.7. The van der Waals surface area contributed by atoms with Crippen molar-refractivity contribution in [1.82, 2.24) is 19.2 Å². The molecule has 184 valence electrons. The van der Waals surface area contributed by atoms with E-state index in [-0.39, 0.29) is 17.2 Å². The first-order valence-corrected chi connectivity index (χ1v) is 13.9. The van der Waals surface area contributed by atoms with E-state index in [0.717, 1.165) is 23.7 Å². The summed E-state index contributed by atoms with van der Waals surface area (Å²) in [6, 6.07) is 11.5. The van der Waals surface area contributed by atoms with Crippen LogP contribution < -0.4 is 4.72 Å². The van der Waals surface area contributed by atoms with Gasteiger partial charge in [-0.05, 0) is 66.8 Å². The molecule has 1 unspecified atom stereocenters. The second kappa shape index (κ2) is 9.88. The Labute approximate surface area is 206 Å². The lowest BCUT2D eigenvalue weighted by Gasteiger charge is -2.42. The number of fused-ring (bicyclic) bond motifs is 2. The van der Waals surface area contributed by atoms with Gasteiger partial charge in [0.1, 0.15) is 17.8 Å². The van der Waals surface area contributed by atoms with E-state index in [1.807, 2.05) is 11.0 Å². The van der Waals surface area contributed by atoms with Crippen LogP contribution in [0.1, 0.15) is 44.2 Å². The number of benzene rings is 1. The van der Waals surface area contributed by atoms with E-state index in [4.69, 9.17) is 0 Å². The number of piperidine rings is 1. The number of carbonyl (C=O) groups excluding carboxylic acids is 1. The first-order valence-electron chi connectivity index (χ1n) is 12.4. The van der Waals surface area contributed by atoms with E-state index in [2.05, 4.69) is 15.8 Å². The van der Waals surface area contributed by atoms with Gasteiger partial charge in [-0.2, -0.15) is 9.98 Å². The molecule has 1 aliphatic carbocycles. The van der Waals surface area contributed by atoms with E-state index < -0.39 is 16.1 Å². The smallest absolute Gasteiger partial charge is 0.241 e. The highest BCUT2D eigenvalue weighted by molar-refractivity contribution is 7.89. The van der Waals surface area contributed by atoms with E-state index in [0.29, 0.717) is 37.2 Å². The quantitative estimate of drug-likeness (QED) is 0.524. The minimum atomic E-state index is -3.93. The average molecular weight is 494 g/mol. The number of nitrogens with zero attached hydrogens (tertiary/aromatic N) is 3.